The number of hydrogen-bond donors (Lipinski definition) is 1. The van der Waals surface area contributed by atoms with E-state index in [0.29, 0.717) is 6.04 Å². The van der Waals surface area contributed by atoms with Gasteiger partial charge in [0.25, 0.3) is 0 Å². The number of thiophene rings is 1. The fourth-order valence-corrected chi connectivity index (χ4v) is 2.89. The van der Waals surface area contributed by atoms with E-state index in [1.165, 1.54) is 4.88 Å². The fraction of sp³-hybridized carbons (Fsp3) is 0.375. The van der Waals surface area contributed by atoms with Gasteiger partial charge in [-0.1, -0.05) is 6.07 Å². The van der Waals surface area contributed by atoms with E-state index in [9.17, 15) is 0 Å². The second kappa shape index (κ2) is 6.77. The molecule has 0 fully saturated rings. The van der Waals surface area contributed by atoms with Gasteiger partial charge in [-0.25, -0.2) is 0 Å². The first kappa shape index (κ1) is 14.9. The average Bonchev–Trinajstić information content (AvgIpc) is 2.91. The third-order valence-electron chi connectivity index (χ3n) is 3.35. The van der Waals surface area contributed by atoms with Gasteiger partial charge in [-0.3, -0.25) is 4.90 Å². The van der Waals surface area contributed by atoms with Crippen LogP contribution in [0.5, 0.6) is 5.75 Å². The van der Waals surface area contributed by atoms with Crippen molar-refractivity contribution in [2.45, 2.75) is 33.0 Å². The summed E-state index contributed by atoms with van der Waals surface area (Å²) < 4.78 is 5.44. The normalized spacial score (nSPS) is 11.2. The van der Waals surface area contributed by atoms with Crippen LogP contribution in [0, 0.1) is 0 Å². The van der Waals surface area contributed by atoms with Gasteiger partial charge in [0.2, 0.25) is 0 Å². The molecule has 0 bridgehead atoms. The minimum Gasteiger partial charge on any atom is -0.496 e. The number of nitrogen functional groups attached to an aromatic ring is 1. The van der Waals surface area contributed by atoms with Crippen molar-refractivity contribution < 1.29 is 4.74 Å². The molecule has 0 saturated carbocycles. The van der Waals surface area contributed by atoms with Crippen LogP contribution in [-0.4, -0.2) is 18.1 Å². The second-order valence-corrected chi connectivity index (χ2v) is 6.18. The van der Waals surface area contributed by atoms with E-state index in [1.807, 2.05) is 18.2 Å². The summed E-state index contributed by atoms with van der Waals surface area (Å²) in [6.07, 6.45) is 0. The van der Waals surface area contributed by atoms with Crippen LogP contribution in [0.2, 0.25) is 0 Å². The highest BCUT2D eigenvalue weighted by Gasteiger charge is 2.14. The van der Waals surface area contributed by atoms with Crippen LogP contribution in [-0.2, 0) is 13.1 Å². The molecule has 2 aromatic rings. The molecule has 0 radical (unpaired) electrons. The highest BCUT2D eigenvalue weighted by atomic mass is 32.1. The van der Waals surface area contributed by atoms with Crippen LogP contribution in [0.15, 0.2) is 35.7 Å². The Morgan fingerprint density at radius 2 is 2.05 bits per heavy atom. The monoisotopic (exact) mass is 290 g/mol. The molecule has 1 aromatic heterocycles. The molecule has 1 aromatic carbocycles. The topological polar surface area (TPSA) is 38.5 Å². The zero-order chi connectivity index (χ0) is 14.5. The standard InChI is InChI=1S/C16H22N2OS/c1-12(2)18(11-15-5-4-8-20-15)10-13-9-14(17)6-7-16(13)19-3/h4-9,12H,10-11,17H2,1-3H3. The number of rotatable bonds is 6. The first-order valence-electron chi connectivity index (χ1n) is 6.79. The molecule has 0 saturated heterocycles. The summed E-state index contributed by atoms with van der Waals surface area (Å²) in [6.45, 7) is 6.22. The maximum absolute atomic E-state index is 5.90. The first-order valence-corrected chi connectivity index (χ1v) is 7.67. The van der Waals surface area contributed by atoms with E-state index in [-0.39, 0.29) is 0 Å². The van der Waals surface area contributed by atoms with Crippen LogP contribution in [0.25, 0.3) is 0 Å². The number of nitrogens with two attached hydrogens (primary N) is 1. The van der Waals surface area contributed by atoms with E-state index >= 15 is 0 Å². The van der Waals surface area contributed by atoms with Crippen LogP contribution >= 0.6 is 11.3 Å². The Morgan fingerprint density at radius 1 is 1.25 bits per heavy atom. The molecular weight excluding hydrogens is 268 g/mol. The molecule has 0 aliphatic rings. The van der Waals surface area contributed by atoms with E-state index < -0.39 is 0 Å². The van der Waals surface area contributed by atoms with E-state index in [2.05, 4.69) is 36.3 Å². The van der Waals surface area contributed by atoms with Gasteiger partial charge < -0.3 is 10.5 Å². The molecule has 108 valence electrons. The Bertz CT molecular complexity index is 537. The largest absolute Gasteiger partial charge is 0.496 e. The van der Waals surface area contributed by atoms with Crippen molar-refractivity contribution in [2.24, 2.45) is 0 Å². The summed E-state index contributed by atoms with van der Waals surface area (Å²) in [4.78, 5) is 3.80. The van der Waals surface area contributed by atoms with Crippen molar-refractivity contribution in [1.82, 2.24) is 4.90 Å². The third-order valence-corrected chi connectivity index (χ3v) is 4.21. The number of methoxy groups -OCH3 is 1. The Hall–Kier alpha value is -1.52. The first-order chi connectivity index (χ1) is 9.60. The van der Waals surface area contributed by atoms with Gasteiger partial charge in [0, 0.05) is 35.3 Å². The van der Waals surface area contributed by atoms with Crippen molar-refractivity contribution in [2.75, 3.05) is 12.8 Å². The van der Waals surface area contributed by atoms with Crippen molar-refractivity contribution in [3.63, 3.8) is 0 Å². The van der Waals surface area contributed by atoms with Gasteiger partial charge >= 0.3 is 0 Å². The van der Waals surface area contributed by atoms with E-state index in [1.54, 1.807) is 18.4 Å². The third kappa shape index (κ3) is 3.74. The second-order valence-electron chi connectivity index (χ2n) is 5.15. The summed E-state index contributed by atoms with van der Waals surface area (Å²) in [5, 5.41) is 2.12. The molecule has 20 heavy (non-hydrogen) atoms. The van der Waals surface area contributed by atoms with Gasteiger partial charge in [-0.15, -0.1) is 11.3 Å². The highest BCUT2D eigenvalue weighted by molar-refractivity contribution is 7.09. The minimum atomic E-state index is 0.461. The van der Waals surface area contributed by atoms with Crippen molar-refractivity contribution in [3.05, 3.63) is 46.2 Å². The lowest BCUT2D eigenvalue weighted by Gasteiger charge is -2.26. The Labute approximate surface area is 125 Å². The van der Waals surface area contributed by atoms with E-state index in [4.69, 9.17) is 10.5 Å². The van der Waals surface area contributed by atoms with Crippen molar-refractivity contribution in [3.8, 4) is 5.75 Å². The average molecular weight is 290 g/mol. The number of benzene rings is 1. The fourth-order valence-electron chi connectivity index (χ4n) is 2.16. The summed E-state index contributed by atoms with van der Waals surface area (Å²) >= 11 is 1.79. The zero-order valence-electron chi connectivity index (χ0n) is 12.3. The maximum Gasteiger partial charge on any atom is 0.123 e. The molecule has 0 amide bonds. The predicted molar refractivity (Wildman–Crippen MR) is 86.1 cm³/mol. The zero-order valence-corrected chi connectivity index (χ0v) is 13.1. The van der Waals surface area contributed by atoms with Gasteiger partial charge in [0.15, 0.2) is 0 Å². The molecule has 0 unspecified atom stereocenters. The summed E-state index contributed by atoms with van der Waals surface area (Å²) in [5.74, 6) is 0.899. The lowest BCUT2D eigenvalue weighted by Crippen LogP contribution is -2.29. The number of ether oxygens (including phenoxy) is 1. The van der Waals surface area contributed by atoms with Crippen LogP contribution < -0.4 is 10.5 Å². The molecule has 0 aliphatic heterocycles. The lowest BCUT2D eigenvalue weighted by molar-refractivity contribution is 0.203. The Kier molecular flexibility index (Phi) is 5.04. The maximum atomic E-state index is 5.90. The van der Waals surface area contributed by atoms with Crippen LogP contribution in [0.4, 0.5) is 5.69 Å². The predicted octanol–water partition coefficient (Wildman–Crippen LogP) is 3.75. The van der Waals surface area contributed by atoms with Crippen LogP contribution in [0.3, 0.4) is 0 Å². The smallest absolute Gasteiger partial charge is 0.123 e. The van der Waals surface area contributed by atoms with Crippen LogP contribution in [0.1, 0.15) is 24.3 Å². The van der Waals surface area contributed by atoms with Gasteiger partial charge in [-0.2, -0.15) is 0 Å². The SMILES string of the molecule is COc1ccc(N)cc1CN(Cc1cccs1)C(C)C. The van der Waals surface area contributed by atoms with Crippen molar-refractivity contribution >= 4 is 17.0 Å². The molecule has 4 heteroatoms. The molecule has 0 spiro atoms. The number of hydrogen-bond acceptors (Lipinski definition) is 4. The quantitative estimate of drug-likeness (QED) is 0.823. The summed E-state index contributed by atoms with van der Waals surface area (Å²) in [6, 6.07) is 10.6. The molecule has 3 nitrogen and oxygen atoms in total. The molecule has 2 rings (SSSR count). The van der Waals surface area contributed by atoms with Gasteiger partial charge in [-0.05, 0) is 43.5 Å². The van der Waals surface area contributed by atoms with Gasteiger partial charge in [0.05, 0.1) is 7.11 Å². The highest BCUT2D eigenvalue weighted by Crippen LogP contribution is 2.25. The molecule has 0 aliphatic carbocycles. The molecule has 0 atom stereocenters. The lowest BCUT2D eigenvalue weighted by atomic mass is 10.1. The van der Waals surface area contributed by atoms with Gasteiger partial charge in [0.1, 0.15) is 5.75 Å². The molecule has 1 heterocycles. The van der Waals surface area contributed by atoms with E-state index in [0.717, 1.165) is 30.1 Å². The summed E-state index contributed by atoms with van der Waals surface area (Å²) in [7, 11) is 1.70. The number of anilines is 1. The Morgan fingerprint density at radius 3 is 2.65 bits per heavy atom. The molecule has 2 N–H and O–H groups in total. The minimum absolute atomic E-state index is 0.461. The Balaban J connectivity index is 2.17. The molecular formula is C16H22N2OS. The summed E-state index contributed by atoms with van der Waals surface area (Å²) in [5.41, 5.74) is 7.81. The number of nitrogens with zero attached hydrogens (tertiary/aromatic N) is 1. The van der Waals surface area contributed by atoms with Crippen molar-refractivity contribution in [1.29, 1.82) is 0 Å².